The molecule has 6 unspecified atom stereocenters. The average molecular weight is 861 g/mol. The van der Waals surface area contributed by atoms with Crippen LogP contribution in [0.1, 0.15) is 171 Å². The van der Waals surface area contributed by atoms with Gasteiger partial charge in [0.05, 0.1) is 34.8 Å². The highest BCUT2D eigenvalue weighted by Crippen LogP contribution is 2.45. The van der Waals surface area contributed by atoms with E-state index in [2.05, 4.69) is 74.7 Å². The number of nitrogens with zero attached hydrogens (tertiary/aromatic N) is 3. The van der Waals surface area contributed by atoms with Crippen molar-refractivity contribution in [3.8, 4) is 0 Å². The van der Waals surface area contributed by atoms with Gasteiger partial charge in [0.15, 0.2) is 5.78 Å². The van der Waals surface area contributed by atoms with Crippen LogP contribution in [0.15, 0.2) is 34.0 Å². The number of fused-ring (bicyclic) bond motifs is 8. The molecule has 8 bridgehead atoms. The van der Waals surface area contributed by atoms with Crippen LogP contribution in [0, 0.1) is 20.8 Å². The van der Waals surface area contributed by atoms with E-state index in [4.69, 9.17) is 24.2 Å². The molecule has 14 nitrogen and oxygen atoms in total. The Morgan fingerprint density at radius 1 is 0.968 bits per heavy atom. The molecule has 0 radical (unpaired) electrons. The second kappa shape index (κ2) is 18.0. The Balaban J connectivity index is 1.15. The first-order chi connectivity index (χ1) is 30.2. The van der Waals surface area contributed by atoms with Crippen LogP contribution in [0.2, 0.25) is 0 Å². The number of allylic oxidation sites excluding steroid dienone is 2. The van der Waals surface area contributed by atoms with Crippen LogP contribution < -0.4 is 11.2 Å². The maximum Gasteiger partial charge on any atom is 0.330 e. The first-order valence-electron chi connectivity index (χ1n) is 22.6. The summed E-state index contributed by atoms with van der Waals surface area (Å²) in [5.74, 6) is -0.762. The van der Waals surface area contributed by atoms with Gasteiger partial charge in [0.2, 0.25) is 0 Å². The Morgan fingerprint density at radius 3 is 2.49 bits per heavy atom. The second-order valence-corrected chi connectivity index (χ2v) is 17.8. The molecule has 0 saturated carbocycles. The zero-order chi connectivity index (χ0) is 44.9. The van der Waals surface area contributed by atoms with E-state index in [1.54, 1.807) is 6.92 Å². The number of ketones is 1. The molecule has 334 valence electrons. The predicted octanol–water partition coefficient (Wildman–Crippen LogP) is 8.39. The number of aromatic nitrogens is 6. The van der Waals surface area contributed by atoms with E-state index in [1.165, 1.54) is 17.2 Å². The number of aromatic amines is 3. The third kappa shape index (κ3) is 8.40. The molecule has 1 fully saturated rings. The number of hydrogen-bond acceptors (Lipinski definition) is 10. The van der Waals surface area contributed by atoms with E-state index < -0.39 is 35.7 Å². The van der Waals surface area contributed by atoms with E-state index in [1.807, 2.05) is 6.92 Å². The summed E-state index contributed by atoms with van der Waals surface area (Å²) in [5, 5.41) is 10.8. The Labute approximate surface area is 366 Å². The molecular formula is C49H60N6O8. The zero-order valence-corrected chi connectivity index (χ0v) is 37.7. The van der Waals surface area contributed by atoms with Crippen molar-refractivity contribution in [3.05, 3.63) is 101 Å². The zero-order valence-electron chi connectivity index (χ0n) is 37.7. The molecule has 1 saturated heterocycles. The van der Waals surface area contributed by atoms with E-state index in [0.717, 1.165) is 104 Å². The summed E-state index contributed by atoms with van der Waals surface area (Å²) in [6, 6.07) is 6.30. The number of carbonyl (C=O) groups is 2. The Bertz CT molecular complexity index is 2790. The van der Waals surface area contributed by atoms with E-state index in [9.17, 15) is 24.3 Å². The van der Waals surface area contributed by atoms with Crippen LogP contribution in [0.4, 0.5) is 0 Å². The van der Waals surface area contributed by atoms with Gasteiger partial charge in [-0.25, -0.2) is 9.78 Å². The Morgan fingerprint density at radius 2 is 1.73 bits per heavy atom. The Kier molecular flexibility index (Phi) is 12.6. The molecule has 0 amide bonds. The number of aliphatic hydroxyl groups excluding tert-OH is 1. The van der Waals surface area contributed by atoms with Crippen molar-refractivity contribution in [2.45, 2.75) is 150 Å². The Hall–Kier alpha value is -5.44. The van der Waals surface area contributed by atoms with Crippen LogP contribution in [0.5, 0.6) is 0 Å². The van der Waals surface area contributed by atoms with Crippen molar-refractivity contribution in [2.24, 2.45) is 0 Å². The molecule has 0 aromatic carbocycles. The second-order valence-electron chi connectivity index (χ2n) is 17.8. The van der Waals surface area contributed by atoms with Gasteiger partial charge in [-0.05, 0) is 94.4 Å². The van der Waals surface area contributed by atoms with Gasteiger partial charge < -0.3 is 29.3 Å². The van der Waals surface area contributed by atoms with Gasteiger partial charge in [-0.2, -0.15) is 0 Å². The molecule has 4 aromatic heterocycles. The lowest BCUT2D eigenvalue weighted by molar-refractivity contribution is -0.150. The molecule has 7 heterocycles. The van der Waals surface area contributed by atoms with Gasteiger partial charge >= 0.3 is 11.7 Å². The number of Topliss-reactive ketones (excluding diaryl/α,β-unsaturated/α-hetero) is 1. The number of esters is 1. The highest BCUT2D eigenvalue weighted by atomic mass is 16.6. The number of aliphatic hydroxyl groups is 1. The van der Waals surface area contributed by atoms with Gasteiger partial charge in [-0.1, -0.05) is 40.0 Å². The van der Waals surface area contributed by atoms with Crippen LogP contribution in [0.25, 0.3) is 33.2 Å². The van der Waals surface area contributed by atoms with Gasteiger partial charge in [-0.3, -0.25) is 28.9 Å². The number of rotatable bonds is 14. The lowest BCUT2D eigenvalue weighted by atomic mass is 9.85. The molecule has 4 aromatic rings. The van der Waals surface area contributed by atoms with Crippen molar-refractivity contribution in [1.29, 1.82) is 0 Å². The topological polar surface area (TPSA) is 194 Å². The summed E-state index contributed by atoms with van der Waals surface area (Å²) in [6.45, 7) is 16.8. The van der Waals surface area contributed by atoms with Crippen LogP contribution in [-0.4, -0.2) is 71.8 Å². The molecule has 8 rings (SSSR count). The normalized spacial score (nSPS) is 21.2. The molecule has 4 N–H and O–H groups in total. The summed E-state index contributed by atoms with van der Waals surface area (Å²) in [5.41, 5.74) is 12.8. The number of nitrogens with one attached hydrogen (secondary N) is 3. The van der Waals surface area contributed by atoms with Gasteiger partial charge in [0, 0.05) is 88.4 Å². The van der Waals surface area contributed by atoms with Crippen molar-refractivity contribution in [2.75, 3.05) is 13.2 Å². The van der Waals surface area contributed by atoms with Crippen molar-refractivity contribution in [1.82, 2.24) is 29.5 Å². The number of aryl methyl sites for hydroxylation is 3. The van der Waals surface area contributed by atoms with Crippen LogP contribution in [-0.2, 0) is 25.4 Å². The average Bonchev–Trinajstić information content (AvgIpc) is 4.07. The van der Waals surface area contributed by atoms with E-state index in [-0.39, 0.29) is 49.6 Å². The van der Waals surface area contributed by atoms with Gasteiger partial charge in [-0.15, -0.1) is 0 Å². The predicted molar refractivity (Wildman–Crippen MR) is 242 cm³/mol. The quantitative estimate of drug-likeness (QED) is 0.0707. The monoisotopic (exact) mass is 860 g/mol. The highest BCUT2D eigenvalue weighted by Gasteiger charge is 2.38. The number of H-pyrrole nitrogens is 3. The highest BCUT2D eigenvalue weighted by molar-refractivity contribution is 6.13. The molecule has 1 aliphatic carbocycles. The standard InChI is InChI=1S/C49H60N6O8/c1-9-11-12-13-16-61-29(8)44-27(6)35-18-34-26(5)31(14-15-43(58)62-23-41-39(56)21-42(63-41)55-22-24(3)48(59)54-49(55)60)46(52-34)32-17-40(57)45-28(7)36(53-47(32)45)19-37-30(10-2)25(4)33(50-37)20-38(44)51-35/h18-20,22,26,29,31,39,41-42,51,53,56H,9-17,21,23H2,1-8H3,(H,54,59,60). The summed E-state index contributed by atoms with van der Waals surface area (Å²) >= 11 is 0. The van der Waals surface area contributed by atoms with Gasteiger partial charge in [0.1, 0.15) is 18.9 Å². The van der Waals surface area contributed by atoms with Gasteiger partial charge in [0.25, 0.3) is 5.56 Å². The van der Waals surface area contributed by atoms with Crippen molar-refractivity contribution < 1.29 is 28.9 Å². The van der Waals surface area contributed by atoms with Crippen LogP contribution >= 0.6 is 0 Å². The third-order valence-electron chi connectivity index (χ3n) is 13.6. The molecule has 6 atom stereocenters. The summed E-state index contributed by atoms with van der Waals surface area (Å²) in [4.78, 5) is 71.8. The maximum atomic E-state index is 13.9. The minimum atomic E-state index is -0.991. The van der Waals surface area contributed by atoms with E-state index in [0.29, 0.717) is 24.2 Å². The number of unbranched alkanes of at least 4 members (excludes halogenated alkanes) is 3. The third-order valence-corrected chi connectivity index (χ3v) is 13.6. The maximum absolute atomic E-state index is 13.9. The summed E-state index contributed by atoms with van der Waals surface area (Å²) in [7, 11) is 0. The number of ether oxygens (including phenoxy) is 3. The van der Waals surface area contributed by atoms with Crippen LogP contribution in [0.3, 0.4) is 0 Å². The lowest BCUT2D eigenvalue weighted by Gasteiger charge is -2.18. The SMILES string of the molecule is CCCCCCOC(C)c1c(C)c2cc3nc(c4c5[nH]c(cc6nc(cc1[nH]2)C(C)=C6CC)c(C)c5C(=O)C4)C(CCC(=O)OCC1OC(n2cc(C)c(=O)[nH]c2=O)CC1O)C3C. The number of carbonyl (C=O) groups excluding carboxylic acids is 2. The lowest BCUT2D eigenvalue weighted by Crippen LogP contribution is -2.33. The fraction of sp³-hybridized carbons (Fsp3) is 0.510. The van der Waals surface area contributed by atoms with Crippen molar-refractivity contribution >= 4 is 45.0 Å². The smallest absolute Gasteiger partial charge is 0.330 e. The van der Waals surface area contributed by atoms with E-state index >= 15 is 0 Å². The molecule has 14 heteroatoms. The van der Waals surface area contributed by atoms with Crippen molar-refractivity contribution in [3.63, 3.8) is 0 Å². The fourth-order valence-corrected chi connectivity index (χ4v) is 9.92. The fourth-order valence-electron chi connectivity index (χ4n) is 9.92. The first kappa shape index (κ1) is 44.2. The molecule has 3 aliphatic heterocycles. The molecular weight excluding hydrogens is 801 g/mol. The summed E-state index contributed by atoms with van der Waals surface area (Å²) < 4.78 is 19.4. The summed E-state index contributed by atoms with van der Waals surface area (Å²) in [6.07, 6.45) is 4.59. The largest absolute Gasteiger partial charge is 0.463 e. The molecule has 4 aliphatic rings. The minimum absolute atomic E-state index is 0.0303. The molecule has 63 heavy (non-hydrogen) atoms. The minimum Gasteiger partial charge on any atom is -0.463 e. The molecule has 0 spiro atoms. The number of hydrogen-bond donors (Lipinski definition) is 4. The first-order valence-corrected chi connectivity index (χ1v) is 22.6.